The minimum Gasteiger partial charge on any atom is -0.463 e. The van der Waals surface area contributed by atoms with Crippen molar-refractivity contribution in [1.29, 1.82) is 0 Å². The summed E-state index contributed by atoms with van der Waals surface area (Å²) in [5.41, 5.74) is -1.02. The first kappa shape index (κ1) is 14.8. The Morgan fingerprint density at radius 3 is 2.38 bits per heavy atom. The maximum absolute atomic E-state index is 12.9. The molecule has 1 aromatic rings. The Morgan fingerprint density at radius 2 is 1.76 bits per heavy atom. The largest absolute Gasteiger partial charge is 0.463 e. The molecule has 1 aliphatic heterocycles. The molecule has 0 unspecified atom stereocenters. The molecule has 2 aliphatic rings. The van der Waals surface area contributed by atoms with Crippen molar-refractivity contribution in [3.63, 3.8) is 0 Å². The van der Waals surface area contributed by atoms with Gasteiger partial charge in [0, 0.05) is 11.6 Å². The Bertz CT molecular complexity index is 650. The van der Waals surface area contributed by atoms with E-state index in [0.29, 0.717) is 17.9 Å². The van der Waals surface area contributed by atoms with Crippen molar-refractivity contribution in [2.75, 3.05) is 13.2 Å². The van der Waals surface area contributed by atoms with Crippen molar-refractivity contribution in [1.82, 2.24) is 4.31 Å². The summed E-state index contributed by atoms with van der Waals surface area (Å²) in [4.78, 5) is 12.4. The molecule has 1 spiro atoms. The summed E-state index contributed by atoms with van der Waals surface area (Å²) in [5.74, 6) is -0.413. The lowest BCUT2D eigenvalue weighted by Crippen LogP contribution is -2.60. The highest BCUT2D eigenvalue weighted by Crippen LogP contribution is 2.41. The van der Waals surface area contributed by atoms with Gasteiger partial charge in [-0.15, -0.1) is 0 Å². The van der Waals surface area contributed by atoms with Crippen LogP contribution >= 0.6 is 11.6 Å². The van der Waals surface area contributed by atoms with Crippen LogP contribution in [0.2, 0.25) is 5.02 Å². The molecule has 1 saturated heterocycles. The summed E-state index contributed by atoms with van der Waals surface area (Å²) in [7, 11) is -3.73. The van der Waals surface area contributed by atoms with Gasteiger partial charge >= 0.3 is 5.97 Å². The summed E-state index contributed by atoms with van der Waals surface area (Å²) in [6, 6.07) is 6.02. The quantitative estimate of drug-likeness (QED) is 0.780. The van der Waals surface area contributed by atoms with E-state index in [4.69, 9.17) is 16.3 Å². The molecule has 0 radical (unpaired) electrons. The Labute approximate surface area is 128 Å². The van der Waals surface area contributed by atoms with Gasteiger partial charge in [0.1, 0.15) is 12.1 Å². The number of hydrogen-bond donors (Lipinski definition) is 0. The molecule has 0 bridgehead atoms. The highest BCUT2D eigenvalue weighted by atomic mass is 35.5. The van der Waals surface area contributed by atoms with Gasteiger partial charge in [-0.2, -0.15) is 4.31 Å². The minimum absolute atomic E-state index is 0.105. The summed E-state index contributed by atoms with van der Waals surface area (Å²) >= 11 is 5.81. The van der Waals surface area contributed by atoms with Gasteiger partial charge < -0.3 is 4.74 Å². The third-order valence-electron chi connectivity index (χ3n) is 4.22. The molecule has 0 atom stereocenters. The standard InChI is InChI=1S/C14H16ClNO4S/c15-11-3-5-12(6-4-11)21(18,19)16-9-10-20-13(17)14(16)7-1-2-8-14/h3-6H,1-2,7-10H2. The van der Waals surface area contributed by atoms with E-state index in [1.807, 2.05) is 0 Å². The van der Waals surface area contributed by atoms with Crippen molar-refractivity contribution >= 4 is 27.6 Å². The van der Waals surface area contributed by atoms with Crippen LogP contribution in [0, 0.1) is 0 Å². The number of carbonyl (C=O) groups is 1. The molecule has 1 aromatic carbocycles. The first-order chi connectivity index (χ1) is 9.97. The van der Waals surface area contributed by atoms with Crippen LogP contribution in [0.5, 0.6) is 0 Å². The molecule has 1 heterocycles. The maximum atomic E-state index is 12.9. The Balaban J connectivity index is 2.04. The molecule has 2 fully saturated rings. The van der Waals surface area contributed by atoms with Gasteiger partial charge in [0.25, 0.3) is 0 Å². The zero-order chi connectivity index (χ0) is 15.1. The van der Waals surface area contributed by atoms with Crippen LogP contribution in [0.3, 0.4) is 0 Å². The van der Waals surface area contributed by atoms with E-state index in [0.717, 1.165) is 12.8 Å². The Morgan fingerprint density at radius 1 is 1.14 bits per heavy atom. The number of benzene rings is 1. The number of carbonyl (C=O) groups excluding carboxylic acids is 1. The van der Waals surface area contributed by atoms with E-state index in [-0.39, 0.29) is 18.0 Å². The molecule has 0 N–H and O–H groups in total. The first-order valence-electron chi connectivity index (χ1n) is 6.92. The van der Waals surface area contributed by atoms with Crippen LogP contribution in [0.15, 0.2) is 29.2 Å². The molecular weight excluding hydrogens is 314 g/mol. The fraction of sp³-hybridized carbons (Fsp3) is 0.500. The number of cyclic esters (lactones) is 1. The lowest BCUT2D eigenvalue weighted by Gasteiger charge is -2.41. The van der Waals surface area contributed by atoms with Gasteiger partial charge in [0.05, 0.1) is 4.90 Å². The smallest absolute Gasteiger partial charge is 0.327 e. The number of sulfonamides is 1. The highest BCUT2D eigenvalue weighted by molar-refractivity contribution is 7.89. The van der Waals surface area contributed by atoms with Gasteiger partial charge in [-0.3, -0.25) is 4.79 Å². The molecule has 21 heavy (non-hydrogen) atoms. The number of hydrogen-bond acceptors (Lipinski definition) is 4. The second-order valence-electron chi connectivity index (χ2n) is 5.41. The van der Waals surface area contributed by atoms with Crippen molar-refractivity contribution < 1.29 is 17.9 Å². The van der Waals surface area contributed by atoms with Crippen LogP contribution in [0.1, 0.15) is 25.7 Å². The van der Waals surface area contributed by atoms with Gasteiger partial charge in [-0.05, 0) is 37.1 Å². The third-order valence-corrected chi connectivity index (χ3v) is 6.45. The first-order valence-corrected chi connectivity index (χ1v) is 8.74. The van der Waals surface area contributed by atoms with Crippen LogP contribution in [-0.4, -0.2) is 37.4 Å². The van der Waals surface area contributed by atoms with E-state index in [1.165, 1.54) is 28.6 Å². The molecule has 3 rings (SSSR count). The van der Waals surface area contributed by atoms with E-state index in [1.54, 1.807) is 0 Å². The van der Waals surface area contributed by atoms with Crippen molar-refractivity contribution in [3.8, 4) is 0 Å². The van der Waals surface area contributed by atoms with E-state index in [9.17, 15) is 13.2 Å². The number of halogens is 1. The molecule has 1 aliphatic carbocycles. The predicted octanol–water partition coefficient (Wildman–Crippen LogP) is 2.20. The van der Waals surface area contributed by atoms with E-state index < -0.39 is 21.5 Å². The monoisotopic (exact) mass is 329 g/mol. The normalized spacial score (nSPS) is 22.4. The van der Waals surface area contributed by atoms with E-state index >= 15 is 0 Å². The van der Waals surface area contributed by atoms with Gasteiger partial charge in [0.2, 0.25) is 10.0 Å². The fourth-order valence-electron chi connectivity index (χ4n) is 3.17. The summed E-state index contributed by atoms with van der Waals surface area (Å²) in [5, 5.41) is 0.475. The fourth-order valence-corrected chi connectivity index (χ4v) is 5.06. The van der Waals surface area contributed by atoms with E-state index in [2.05, 4.69) is 0 Å². The molecular formula is C14H16ClNO4S. The summed E-state index contributed by atoms with van der Waals surface area (Å²) in [6.45, 7) is 0.310. The van der Waals surface area contributed by atoms with Gasteiger partial charge in [0.15, 0.2) is 0 Å². The molecule has 1 saturated carbocycles. The minimum atomic E-state index is -3.73. The predicted molar refractivity (Wildman–Crippen MR) is 77.5 cm³/mol. The van der Waals surface area contributed by atoms with Crippen LogP contribution in [0.25, 0.3) is 0 Å². The molecule has 0 aromatic heterocycles. The van der Waals surface area contributed by atoms with Crippen LogP contribution in [0.4, 0.5) is 0 Å². The number of nitrogens with zero attached hydrogens (tertiary/aromatic N) is 1. The van der Waals surface area contributed by atoms with Gasteiger partial charge in [-0.25, -0.2) is 8.42 Å². The maximum Gasteiger partial charge on any atom is 0.327 e. The molecule has 7 heteroatoms. The van der Waals surface area contributed by atoms with Crippen LogP contribution < -0.4 is 0 Å². The third kappa shape index (κ3) is 2.35. The second kappa shape index (κ2) is 5.26. The number of morpholine rings is 1. The topological polar surface area (TPSA) is 63.7 Å². The number of rotatable bonds is 2. The molecule has 0 amide bonds. The molecule has 5 nitrogen and oxygen atoms in total. The van der Waals surface area contributed by atoms with Crippen LogP contribution in [-0.2, 0) is 19.6 Å². The van der Waals surface area contributed by atoms with Crippen molar-refractivity contribution in [2.45, 2.75) is 36.1 Å². The molecule has 114 valence electrons. The summed E-state index contributed by atoms with van der Waals surface area (Å²) in [6.07, 6.45) is 2.72. The lowest BCUT2D eigenvalue weighted by atomic mass is 9.97. The Kier molecular flexibility index (Phi) is 3.71. The highest BCUT2D eigenvalue weighted by Gasteiger charge is 2.54. The SMILES string of the molecule is O=C1OCCN(S(=O)(=O)c2ccc(Cl)cc2)C12CCCC2. The number of esters is 1. The zero-order valence-electron chi connectivity index (χ0n) is 11.4. The average Bonchev–Trinajstić information content (AvgIpc) is 2.92. The summed E-state index contributed by atoms with van der Waals surface area (Å²) < 4.78 is 32.2. The lowest BCUT2D eigenvalue weighted by molar-refractivity contribution is -0.162. The van der Waals surface area contributed by atoms with Crippen molar-refractivity contribution in [2.24, 2.45) is 0 Å². The average molecular weight is 330 g/mol. The second-order valence-corrected chi connectivity index (χ2v) is 7.70. The zero-order valence-corrected chi connectivity index (χ0v) is 13.0. The van der Waals surface area contributed by atoms with Gasteiger partial charge in [-0.1, -0.05) is 24.4 Å². The Hall–Kier alpha value is -1.11. The van der Waals surface area contributed by atoms with Crippen molar-refractivity contribution in [3.05, 3.63) is 29.3 Å². The number of ether oxygens (including phenoxy) is 1.